The monoisotopic (exact) mass is 264 g/mol. The average molecular weight is 264 g/mol. The molecule has 19 heavy (non-hydrogen) atoms. The van der Waals surface area contributed by atoms with Crippen LogP contribution in [0.25, 0.3) is 0 Å². The summed E-state index contributed by atoms with van der Waals surface area (Å²) in [5.41, 5.74) is 1.50. The second-order valence-electron chi connectivity index (χ2n) is 8.70. The van der Waals surface area contributed by atoms with Crippen molar-refractivity contribution in [2.45, 2.75) is 70.9 Å². The summed E-state index contributed by atoms with van der Waals surface area (Å²) in [6.45, 7) is 8.73. The van der Waals surface area contributed by atoms with E-state index in [-0.39, 0.29) is 0 Å². The van der Waals surface area contributed by atoms with Crippen LogP contribution >= 0.6 is 0 Å². The maximum Gasteiger partial charge on any atom is 0.0328 e. The van der Waals surface area contributed by atoms with Crippen LogP contribution in [0.4, 0.5) is 0 Å². The fourth-order valence-electron chi connectivity index (χ4n) is 5.47. The zero-order valence-electron chi connectivity index (χ0n) is 13.6. The third-order valence-corrected chi connectivity index (χ3v) is 7.14. The first-order chi connectivity index (χ1) is 8.80. The van der Waals surface area contributed by atoms with Crippen molar-refractivity contribution < 1.29 is 0 Å². The summed E-state index contributed by atoms with van der Waals surface area (Å²) in [4.78, 5) is 2.46. The van der Waals surface area contributed by atoms with Crippen LogP contribution in [0.1, 0.15) is 59.3 Å². The lowest BCUT2D eigenvalue weighted by atomic mass is 9.67. The summed E-state index contributed by atoms with van der Waals surface area (Å²) in [6, 6.07) is 0.719. The van der Waals surface area contributed by atoms with E-state index in [0.717, 1.165) is 12.0 Å². The molecule has 0 heterocycles. The predicted octanol–water partition coefficient (Wildman–Crippen LogP) is 3.28. The van der Waals surface area contributed by atoms with Crippen molar-refractivity contribution in [2.75, 3.05) is 20.6 Å². The minimum absolute atomic E-state index is 0.453. The molecule has 2 nitrogen and oxygen atoms in total. The third kappa shape index (κ3) is 1.90. The number of hydrogen-bond donors (Lipinski definition) is 1. The normalized spacial score (nSPS) is 42.6. The van der Waals surface area contributed by atoms with Gasteiger partial charge in [-0.05, 0) is 69.4 Å². The molecule has 0 spiro atoms. The van der Waals surface area contributed by atoms with Gasteiger partial charge in [0.2, 0.25) is 0 Å². The molecule has 3 aliphatic rings. The minimum Gasteiger partial charge on any atom is -0.311 e. The molecule has 0 aromatic carbocycles. The molecule has 1 N–H and O–H groups in total. The van der Waals surface area contributed by atoms with Gasteiger partial charge in [0.05, 0.1) is 0 Å². The number of rotatable bonds is 4. The highest BCUT2D eigenvalue weighted by atomic mass is 15.2. The molecule has 1 unspecified atom stereocenters. The first kappa shape index (κ1) is 13.9. The van der Waals surface area contributed by atoms with E-state index in [9.17, 15) is 0 Å². The lowest BCUT2D eigenvalue weighted by molar-refractivity contribution is 0.0344. The molecule has 2 bridgehead atoms. The Morgan fingerprint density at radius 1 is 1.11 bits per heavy atom. The van der Waals surface area contributed by atoms with Gasteiger partial charge in [0.1, 0.15) is 0 Å². The highest BCUT2D eigenvalue weighted by molar-refractivity contribution is 5.13. The van der Waals surface area contributed by atoms with E-state index in [1.165, 1.54) is 45.1 Å². The van der Waals surface area contributed by atoms with Crippen LogP contribution in [-0.4, -0.2) is 37.1 Å². The van der Waals surface area contributed by atoms with E-state index in [2.05, 4.69) is 45.1 Å². The first-order valence-corrected chi connectivity index (χ1v) is 8.21. The van der Waals surface area contributed by atoms with Gasteiger partial charge in [-0.15, -0.1) is 0 Å². The van der Waals surface area contributed by atoms with Gasteiger partial charge in [-0.3, -0.25) is 0 Å². The van der Waals surface area contributed by atoms with E-state index in [1.807, 2.05) is 0 Å². The molecule has 3 fully saturated rings. The van der Waals surface area contributed by atoms with E-state index < -0.39 is 0 Å². The van der Waals surface area contributed by atoms with Gasteiger partial charge in [0.25, 0.3) is 0 Å². The van der Waals surface area contributed by atoms with Gasteiger partial charge >= 0.3 is 0 Å². The number of fused-ring (bicyclic) bond motifs is 2. The standard InChI is InChI=1S/C17H32N2/c1-15(2)13-7-10-16(3,11-13)14(15)18-12-17(19(4)5)8-6-9-17/h13-14,18H,6-12H2,1-5H3/t13-,14?,16+/m0/s1. The Kier molecular flexibility index (Phi) is 3.07. The Morgan fingerprint density at radius 3 is 2.21 bits per heavy atom. The molecular formula is C17H32N2. The zero-order valence-corrected chi connectivity index (χ0v) is 13.6. The summed E-state index contributed by atoms with van der Waals surface area (Å²) in [6.07, 6.45) is 8.51. The summed E-state index contributed by atoms with van der Waals surface area (Å²) in [7, 11) is 4.52. The highest BCUT2D eigenvalue weighted by Gasteiger charge is 2.59. The van der Waals surface area contributed by atoms with Crippen LogP contribution in [-0.2, 0) is 0 Å². The third-order valence-electron chi connectivity index (χ3n) is 7.14. The molecule has 0 aromatic rings. The highest BCUT2D eigenvalue weighted by Crippen LogP contribution is 2.62. The molecule has 0 saturated heterocycles. The number of nitrogens with zero attached hydrogens (tertiary/aromatic N) is 1. The SMILES string of the molecule is CN(C)C1(CNC2C(C)(C)[C@H]3CC[C@]2(C)C3)CCC1. The Labute approximate surface area is 119 Å². The Morgan fingerprint density at radius 2 is 1.79 bits per heavy atom. The van der Waals surface area contributed by atoms with Gasteiger partial charge in [-0.2, -0.15) is 0 Å². The van der Waals surface area contributed by atoms with Crippen LogP contribution in [0.5, 0.6) is 0 Å². The molecule has 0 aromatic heterocycles. The van der Waals surface area contributed by atoms with Gasteiger partial charge in [0.15, 0.2) is 0 Å². The summed E-state index contributed by atoms with van der Waals surface area (Å²) in [5, 5.41) is 4.03. The second-order valence-corrected chi connectivity index (χ2v) is 8.70. The molecule has 0 aliphatic heterocycles. The molecule has 2 heteroatoms. The Hall–Kier alpha value is -0.0800. The average Bonchev–Trinajstić information content (AvgIpc) is 2.71. The second kappa shape index (κ2) is 4.21. The fraction of sp³-hybridized carbons (Fsp3) is 1.00. The number of likely N-dealkylation sites (N-methyl/N-ethyl adjacent to an activating group) is 1. The summed E-state index contributed by atoms with van der Waals surface area (Å²) in [5.74, 6) is 0.951. The van der Waals surface area contributed by atoms with Crippen molar-refractivity contribution in [3.05, 3.63) is 0 Å². The smallest absolute Gasteiger partial charge is 0.0328 e. The van der Waals surface area contributed by atoms with Gasteiger partial charge in [0, 0.05) is 18.1 Å². The van der Waals surface area contributed by atoms with Gasteiger partial charge in [-0.25, -0.2) is 0 Å². The van der Waals surface area contributed by atoms with Crippen molar-refractivity contribution >= 4 is 0 Å². The minimum atomic E-state index is 0.453. The van der Waals surface area contributed by atoms with Crippen molar-refractivity contribution in [3.63, 3.8) is 0 Å². The maximum atomic E-state index is 4.03. The van der Waals surface area contributed by atoms with Crippen LogP contribution in [0, 0.1) is 16.7 Å². The van der Waals surface area contributed by atoms with Crippen molar-refractivity contribution in [3.8, 4) is 0 Å². The lowest BCUT2D eigenvalue weighted by Gasteiger charge is -2.51. The zero-order chi connectivity index (χ0) is 13.9. The number of hydrogen-bond acceptors (Lipinski definition) is 2. The van der Waals surface area contributed by atoms with Crippen LogP contribution in [0.15, 0.2) is 0 Å². The molecular weight excluding hydrogens is 232 g/mol. The predicted molar refractivity (Wildman–Crippen MR) is 81.3 cm³/mol. The molecule has 3 aliphatic carbocycles. The van der Waals surface area contributed by atoms with Crippen molar-refractivity contribution in [1.29, 1.82) is 0 Å². The van der Waals surface area contributed by atoms with Gasteiger partial charge in [-0.1, -0.05) is 20.8 Å². The first-order valence-electron chi connectivity index (χ1n) is 8.21. The largest absolute Gasteiger partial charge is 0.311 e. The lowest BCUT2D eigenvalue weighted by Crippen LogP contribution is -2.61. The van der Waals surface area contributed by atoms with E-state index >= 15 is 0 Å². The Bertz CT molecular complexity index is 352. The van der Waals surface area contributed by atoms with Crippen LogP contribution in [0.2, 0.25) is 0 Å². The maximum absolute atomic E-state index is 4.03. The molecule has 3 atom stereocenters. The van der Waals surface area contributed by atoms with Crippen LogP contribution < -0.4 is 5.32 Å². The van der Waals surface area contributed by atoms with Crippen molar-refractivity contribution in [2.24, 2.45) is 16.7 Å². The van der Waals surface area contributed by atoms with Gasteiger partial charge < -0.3 is 10.2 Å². The number of nitrogens with one attached hydrogen (secondary N) is 1. The Balaban J connectivity index is 1.70. The molecule has 110 valence electrons. The molecule has 0 amide bonds. The summed E-state index contributed by atoms with van der Waals surface area (Å²) >= 11 is 0. The van der Waals surface area contributed by atoms with Crippen molar-refractivity contribution in [1.82, 2.24) is 10.2 Å². The summed E-state index contributed by atoms with van der Waals surface area (Å²) < 4.78 is 0. The van der Waals surface area contributed by atoms with E-state index in [4.69, 9.17) is 0 Å². The fourth-order valence-corrected chi connectivity index (χ4v) is 5.47. The molecule has 3 saturated carbocycles. The van der Waals surface area contributed by atoms with E-state index in [1.54, 1.807) is 0 Å². The topological polar surface area (TPSA) is 15.3 Å². The van der Waals surface area contributed by atoms with E-state index in [0.29, 0.717) is 16.4 Å². The molecule has 0 radical (unpaired) electrons. The van der Waals surface area contributed by atoms with Crippen LogP contribution in [0.3, 0.4) is 0 Å². The quantitative estimate of drug-likeness (QED) is 0.838. The molecule has 3 rings (SSSR count).